The summed E-state index contributed by atoms with van der Waals surface area (Å²) in [4.78, 5) is 47.5. The Morgan fingerprint density at radius 2 is 1.66 bits per heavy atom. The van der Waals surface area contributed by atoms with E-state index in [0.717, 1.165) is 5.56 Å². The third-order valence-electron chi connectivity index (χ3n) is 3.88. The second kappa shape index (κ2) is 10.6. The van der Waals surface area contributed by atoms with Crippen LogP contribution >= 0.6 is 0 Å². The van der Waals surface area contributed by atoms with Crippen LogP contribution in [0.2, 0.25) is 0 Å². The Kier molecular flexibility index (Phi) is 7.85. The number of hydrogen-bond acceptors (Lipinski definition) is 5. The fourth-order valence-electron chi connectivity index (χ4n) is 2.38. The van der Waals surface area contributed by atoms with Gasteiger partial charge in [0.05, 0.1) is 5.69 Å². The molecule has 0 radical (unpaired) electrons. The molecule has 0 aliphatic carbocycles. The number of esters is 1. The Morgan fingerprint density at radius 1 is 1.00 bits per heavy atom. The maximum Gasteiger partial charge on any atom is 0.326 e. The number of Topliss-reactive ketones (excluding diaryl/α,β-unsaturated/α-hetero) is 1. The topological polar surface area (TPSA) is 102 Å². The van der Waals surface area contributed by atoms with Gasteiger partial charge < -0.3 is 15.4 Å². The number of benzene rings is 2. The van der Waals surface area contributed by atoms with Gasteiger partial charge in [0.1, 0.15) is 6.54 Å². The lowest BCUT2D eigenvalue weighted by molar-refractivity contribution is -0.152. The number of hydrogen-bond donors (Lipinski definition) is 2. The number of ether oxygens (including phenoxy) is 1. The summed E-state index contributed by atoms with van der Waals surface area (Å²) in [6, 6.07) is 15.8. The molecule has 0 aromatic heterocycles. The lowest BCUT2D eigenvalue weighted by Crippen LogP contribution is -2.35. The second-order valence-electron chi connectivity index (χ2n) is 6.18. The third-order valence-corrected chi connectivity index (χ3v) is 3.88. The molecule has 0 aliphatic heterocycles. The number of nitrogens with one attached hydrogen (secondary N) is 2. The van der Waals surface area contributed by atoms with Crippen LogP contribution in [0.1, 0.15) is 29.8 Å². The van der Waals surface area contributed by atoms with Crippen molar-refractivity contribution >= 4 is 35.3 Å². The number of carbonyl (C=O) groups excluding carboxylic acids is 4. The Labute approximate surface area is 168 Å². The highest BCUT2D eigenvalue weighted by Crippen LogP contribution is 2.16. The van der Waals surface area contributed by atoms with Crippen molar-refractivity contribution in [2.24, 2.45) is 0 Å². The van der Waals surface area contributed by atoms with E-state index in [1.54, 1.807) is 30.3 Å². The van der Waals surface area contributed by atoms with Crippen LogP contribution in [0.15, 0.2) is 60.7 Å². The lowest BCUT2D eigenvalue weighted by atomic mass is 10.1. The summed E-state index contributed by atoms with van der Waals surface area (Å²) in [5.41, 5.74) is 1.55. The van der Waals surface area contributed by atoms with Gasteiger partial charge in [0, 0.05) is 11.6 Å². The predicted molar refractivity (Wildman–Crippen MR) is 109 cm³/mol. The van der Waals surface area contributed by atoms with E-state index in [0.29, 0.717) is 11.3 Å². The molecule has 7 heteroatoms. The third kappa shape index (κ3) is 7.06. The highest BCUT2D eigenvalue weighted by atomic mass is 16.5. The Balaban J connectivity index is 1.81. The normalized spacial score (nSPS) is 11.5. The van der Waals surface area contributed by atoms with Gasteiger partial charge in [-0.2, -0.15) is 0 Å². The molecule has 0 bridgehead atoms. The van der Waals surface area contributed by atoms with Crippen molar-refractivity contribution in [1.82, 2.24) is 5.32 Å². The molecule has 0 spiro atoms. The zero-order chi connectivity index (χ0) is 21.2. The molecule has 0 saturated carbocycles. The molecule has 2 rings (SSSR count). The molecular weight excluding hydrogens is 372 g/mol. The Hall–Kier alpha value is -3.74. The molecule has 150 valence electrons. The van der Waals surface area contributed by atoms with E-state index in [-0.39, 0.29) is 12.3 Å². The molecule has 0 heterocycles. The highest BCUT2D eigenvalue weighted by molar-refractivity contribution is 6.04. The summed E-state index contributed by atoms with van der Waals surface area (Å²) in [5, 5.41) is 4.96. The van der Waals surface area contributed by atoms with Gasteiger partial charge in [-0.1, -0.05) is 42.5 Å². The number of carbonyl (C=O) groups is 4. The van der Waals surface area contributed by atoms with Crippen molar-refractivity contribution in [1.29, 1.82) is 0 Å². The number of rotatable bonds is 8. The number of ketones is 1. The van der Waals surface area contributed by atoms with Crippen LogP contribution in [0.25, 0.3) is 6.08 Å². The van der Waals surface area contributed by atoms with Gasteiger partial charge in [0.2, 0.25) is 5.91 Å². The van der Waals surface area contributed by atoms with Crippen molar-refractivity contribution < 1.29 is 23.9 Å². The van der Waals surface area contributed by atoms with Crippen molar-refractivity contribution in [3.8, 4) is 0 Å². The van der Waals surface area contributed by atoms with Gasteiger partial charge in [0.15, 0.2) is 11.9 Å². The zero-order valence-electron chi connectivity index (χ0n) is 16.2. The monoisotopic (exact) mass is 394 g/mol. The summed E-state index contributed by atoms with van der Waals surface area (Å²) in [6.45, 7) is 2.42. The van der Waals surface area contributed by atoms with Crippen LogP contribution in [0.5, 0.6) is 0 Å². The number of amides is 2. The molecule has 29 heavy (non-hydrogen) atoms. The van der Waals surface area contributed by atoms with Crippen molar-refractivity contribution in [2.45, 2.75) is 20.0 Å². The Bertz CT molecular complexity index is 922. The van der Waals surface area contributed by atoms with Gasteiger partial charge in [-0.3, -0.25) is 19.2 Å². The van der Waals surface area contributed by atoms with E-state index in [2.05, 4.69) is 10.6 Å². The predicted octanol–water partition coefficient (Wildman–Crippen LogP) is 2.59. The van der Waals surface area contributed by atoms with E-state index in [4.69, 9.17) is 4.74 Å². The molecule has 1 atom stereocenters. The minimum absolute atomic E-state index is 0.197. The smallest absolute Gasteiger partial charge is 0.326 e. The van der Waals surface area contributed by atoms with Crippen LogP contribution in [0, 0.1) is 0 Å². The van der Waals surface area contributed by atoms with Gasteiger partial charge in [-0.05, 0) is 37.6 Å². The average molecular weight is 394 g/mol. The van der Waals surface area contributed by atoms with Gasteiger partial charge in [-0.25, -0.2) is 0 Å². The average Bonchev–Trinajstić information content (AvgIpc) is 2.71. The summed E-state index contributed by atoms with van der Waals surface area (Å²) < 4.78 is 5.02. The molecule has 0 fully saturated rings. The molecule has 0 saturated heterocycles. The van der Waals surface area contributed by atoms with E-state index in [1.165, 1.54) is 19.9 Å². The van der Waals surface area contributed by atoms with Gasteiger partial charge in [0.25, 0.3) is 5.91 Å². The van der Waals surface area contributed by atoms with E-state index in [1.807, 2.05) is 30.3 Å². The standard InChI is InChI=1S/C22H22N2O5/c1-15(25)18-10-6-7-11-19(18)24-22(28)16(2)29-21(27)14-23-20(26)13-12-17-8-4-3-5-9-17/h3-13,16H,14H2,1-2H3,(H,23,26)(H,24,28)/b13-12+/t16-/m1/s1. The highest BCUT2D eigenvalue weighted by Gasteiger charge is 2.19. The number of anilines is 1. The summed E-state index contributed by atoms with van der Waals surface area (Å²) >= 11 is 0. The Morgan fingerprint density at radius 3 is 2.34 bits per heavy atom. The first-order valence-electron chi connectivity index (χ1n) is 8.98. The first kappa shape index (κ1) is 21.6. The second-order valence-corrected chi connectivity index (χ2v) is 6.18. The summed E-state index contributed by atoms with van der Waals surface area (Å²) in [5.74, 6) is -1.99. The van der Waals surface area contributed by atoms with Crippen LogP contribution < -0.4 is 10.6 Å². The van der Waals surface area contributed by atoms with Crippen LogP contribution in [-0.2, 0) is 19.1 Å². The maximum absolute atomic E-state index is 12.2. The fourth-order valence-corrected chi connectivity index (χ4v) is 2.38. The summed E-state index contributed by atoms with van der Waals surface area (Å²) in [7, 11) is 0. The molecule has 2 aromatic carbocycles. The molecule has 2 N–H and O–H groups in total. The van der Waals surface area contributed by atoms with E-state index >= 15 is 0 Å². The molecular formula is C22H22N2O5. The summed E-state index contributed by atoms with van der Waals surface area (Å²) in [6.07, 6.45) is 1.82. The first-order valence-corrected chi connectivity index (χ1v) is 8.98. The quantitative estimate of drug-likeness (QED) is 0.407. The lowest BCUT2D eigenvalue weighted by Gasteiger charge is -2.15. The van der Waals surface area contributed by atoms with Crippen molar-refractivity contribution in [2.75, 3.05) is 11.9 Å². The van der Waals surface area contributed by atoms with Crippen molar-refractivity contribution in [3.63, 3.8) is 0 Å². The zero-order valence-corrected chi connectivity index (χ0v) is 16.2. The van der Waals surface area contributed by atoms with Crippen LogP contribution in [0.3, 0.4) is 0 Å². The van der Waals surface area contributed by atoms with E-state index in [9.17, 15) is 19.2 Å². The minimum Gasteiger partial charge on any atom is -0.451 e. The SMILES string of the molecule is CC(=O)c1ccccc1NC(=O)[C@@H](C)OC(=O)CNC(=O)/C=C/c1ccccc1. The van der Waals surface area contributed by atoms with Crippen LogP contribution in [0.4, 0.5) is 5.69 Å². The van der Waals surface area contributed by atoms with Gasteiger partial charge in [-0.15, -0.1) is 0 Å². The molecule has 2 amide bonds. The molecule has 0 aliphatic rings. The number of para-hydroxylation sites is 1. The minimum atomic E-state index is -1.10. The molecule has 2 aromatic rings. The van der Waals surface area contributed by atoms with Crippen molar-refractivity contribution in [3.05, 3.63) is 71.8 Å². The van der Waals surface area contributed by atoms with Crippen LogP contribution in [-0.4, -0.2) is 36.2 Å². The van der Waals surface area contributed by atoms with E-state index < -0.39 is 23.9 Å². The fraction of sp³-hybridized carbons (Fsp3) is 0.182. The first-order chi connectivity index (χ1) is 13.9. The molecule has 7 nitrogen and oxygen atoms in total. The maximum atomic E-state index is 12.2. The molecule has 0 unspecified atom stereocenters. The van der Waals surface area contributed by atoms with Gasteiger partial charge >= 0.3 is 5.97 Å². The largest absolute Gasteiger partial charge is 0.451 e.